The maximum atomic E-state index is 12.2. The van der Waals surface area contributed by atoms with Crippen molar-refractivity contribution in [2.45, 2.75) is 33.7 Å². The number of hydrogen-bond acceptors (Lipinski definition) is 2. The van der Waals surface area contributed by atoms with Crippen molar-refractivity contribution in [2.24, 2.45) is 5.41 Å². The van der Waals surface area contributed by atoms with Crippen molar-refractivity contribution < 1.29 is 9.59 Å². The highest BCUT2D eigenvalue weighted by Gasteiger charge is 2.36. The normalized spacial score (nSPS) is 11.3. The summed E-state index contributed by atoms with van der Waals surface area (Å²) in [5.74, 6) is -0.671. The molecular formula is C14H19ClN2O2. The Labute approximate surface area is 118 Å². The van der Waals surface area contributed by atoms with E-state index >= 15 is 0 Å². The predicted octanol–water partition coefficient (Wildman–Crippen LogP) is 2.83. The fourth-order valence-corrected chi connectivity index (χ4v) is 1.59. The molecule has 0 fully saturated rings. The molecule has 0 aliphatic rings. The molecule has 1 rings (SSSR count). The molecule has 0 aliphatic carbocycles. The Hall–Kier alpha value is -1.55. The lowest BCUT2D eigenvalue weighted by Gasteiger charge is -2.24. The fourth-order valence-electron chi connectivity index (χ4n) is 1.40. The summed E-state index contributed by atoms with van der Waals surface area (Å²) in [7, 11) is 0. The molecule has 0 atom stereocenters. The van der Waals surface area contributed by atoms with Gasteiger partial charge in [-0.05, 0) is 45.9 Å². The third kappa shape index (κ3) is 4.24. The van der Waals surface area contributed by atoms with E-state index in [9.17, 15) is 9.59 Å². The highest BCUT2D eigenvalue weighted by atomic mass is 35.5. The number of hydrogen-bond donors (Lipinski definition) is 2. The Bertz CT molecular complexity index is 484. The van der Waals surface area contributed by atoms with E-state index in [1.165, 1.54) is 0 Å². The molecule has 0 radical (unpaired) electrons. The first-order chi connectivity index (χ1) is 8.73. The van der Waals surface area contributed by atoms with Crippen LogP contribution >= 0.6 is 11.6 Å². The number of benzene rings is 1. The van der Waals surface area contributed by atoms with Gasteiger partial charge < -0.3 is 10.6 Å². The van der Waals surface area contributed by atoms with E-state index in [0.717, 1.165) is 0 Å². The molecule has 5 heteroatoms. The lowest BCUT2D eigenvalue weighted by atomic mass is 9.90. The Morgan fingerprint density at radius 2 is 1.84 bits per heavy atom. The Morgan fingerprint density at radius 3 is 2.37 bits per heavy atom. The molecule has 4 nitrogen and oxygen atoms in total. The Morgan fingerprint density at radius 1 is 1.21 bits per heavy atom. The summed E-state index contributed by atoms with van der Waals surface area (Å²) in [6.45, 7) is 6.88. The van der Waals surface area contributed by atoms with Crippen molar-refractivity contribution in [1.82, 2.24) is 5.32 Å². The second-order valence-electron chi connectivity index (χ2n) is 5.22. The fraction of sp³-hybridized carbons (Fsp3) is 0.429. The van der Waals surface area contributed by atoms with Gasteiger partial charge in [0.1, 0.15) is 5.41 Å². The molecule has 0 saturated heterocycles. The van der Waals surface area contributed by atoms with Crippen LogP contribution in [0.15, 0.2) is 24.3 Å². The summed E-state index contributed by atoms with van der Waals surface area (Å²) in [5, 5.41) is 5.96. The first-order valence-electron chi connectivity index (χ1n) is 6.11. The molecule has 2 N–H and O–H groups in total. The van der Waals surface area contributed by atoms with E-state index in [1.807, 2.05) is 13.8 Å². The quantitative estimate of drug-likeness (QED) is 0.834. The topological polar surface area (TPSA) is 58.2 Å². The van der Waals surface area contributed by atoms with Gasteiger partial charge >= 0.3 is 0 Å². The number of anilines is 1. The van der Waals surface area contributed by atoms with Crippen molar-refractivity contribution in [2.75, 3.05) is 5.32 Å². The SMILES string of the molecule is CC(C)NC(=O)C(C)(C)C(=O)Nc1cccc(Cl)c1. The zero-order valence-corrected chi connectivity index (χ0v) is 12.3. The largest absolute Gasteiger partial charge is 0.353 e. The van der Waals surface area contributed by atoms with Gasteiger partial charge in [-0.3, -0.25) is 9.59 Å². The van der Waals surface area contributed by atoms with Crippen molar-refractivity contribution >= 4 is 29.1 Å². The molecule has 0 aromatic heterocycles. The van der Waals surface area contributed by atoms with Crippen LogP contribution in [-0.2, 0) is 9.59 Å². The number of carbonyl (C=O) groups excluding carboxylic acids is 2. The lowest BCUT2D eigenvalue weighted by Crippen LogP contribution is -2.47. The molecule has 0 spiro atoms. The number of carbonyl (C=O) groups is 2. The molecular weight excluding hydrogens is 264 g/mol. The second-order valence-corrected chi connectivity index (χ2v) is 5.65. The van der Waals surface area contributed by atoms with Crippen molar-refractivity contribution in [3.63, 3.8) is 0 Å². The first-order valence-corrected chi connectivity index (χ1v) is 6.49. The maximum Gasteiger partial charge on any atom is 0.239 e. The van der Waals surface area contributed by atoms with E-state index in [4.69, 9.17) is 11.6 Å². The molecule has 1 aromatic rings. The average Bonchev–Trinajstić information content (AvgIpc) is 2.27. The van der Waals surface area contributed by atoms with Crippen LogP contribution in [0.3, 0.4) is 0 Å². The number of nitrogens with one attached hydrogen (secondary N) is 2. The van der Waals surface area contributed by atoms with Gasteiger partial charge in [-0.1, -0.05) is 17.7 Å². The van der Waals surface area contributed by atoms with Crippen LogP contribution in [0.1, 0.15) is 27.7 Å². The van der Waals surface area contributed by atoms with Gasteiger partial charge in [-0.2, -0.15) is 0 Å². The molecule has 1 aromatic carbocycles. The number of amides is 2. The standard InChI is InChI=1S/C14H19ClN2O2/c1-9(2)16-12(18)14(3,4)13(19)17-11-7-5-6-10(15)8-11/h5-9H,1-4H3,(H,16,18)(H,17,19). The molecule has 19 heavy (non-hydrogen) atoms. The van der Waals surface area contributed by atoms with Crippen molar-refractivity contribution in [3.8, 4) is 0 Å². The predicted molar refractivity (Wildman–Crippen MR) is 77.1 cm³/mol. The summed E-state index contributed by atoms with van der Waals surface area (Å²) in [6.07, 6.45) is 0. The minimum atomic E-state index is -1.15. The Kier molecular flexibility index (Phi) is 4.95. The van der Waals surface area contributed by atoms with Gasteiger partial charge in [0.05, 0.1) is 0 Å². The molecule has 0 heterocycles. The molecule has 0 unspecified atom stereocenters. The van der Waals surface area contributed by atoms with Crippen LogP contribution in [0.2, 0.25) is 5.02 Å². The van der Waals surface area contributed by atoms with Crippen LogP contribution in [-0.4, -0.2) is 17.9 Å². The molecule has 0 bridgehead atoms. The van der Waals surface area contributed by atoms with Gasteiger partial charge in [-0.25, -0.2) is 0 Å². The van der Waals surface area contributed by atoms with Crippen molar-refractivity contribution in [3.05, 3.63) is 29.3 Å². The summed E-state index contributed by atoms with van der Waals surface area (Å²) in [4.78, 5) is 24.1. The van der Waals surface area contributed by atoms with Crippen LogP contribution in [0.5, 0.6) is 0 Å². The average molecular weight is 283 g/mol. The minimum Gasteiger partial charge on any atom is -0.353 e. The maximum absolute atomic E-state index is 12.2. The van der Waals surface area contributed by atoms with Gasteiger partial charge in [0.2, 0.25) is 11.8 Å². The minimum absolute atomic E-state index is 0.00857. The van der Waals surface area contributed by atoms with Crippen LogP contribution in [0.4, 0.5) is 5.69 Å². The summed E-state index contributed by atoms with van der Waals surface area (Å²) >= 11 is 5.84. The van der Waals surface area contributed by atoms with E-state index in [-0.39, 0.29) is 17.9 Å². The van der Waals surface area contributed by atoms with E-state index in [1.54, 1.807) is 38.1 Å². The van der Waals surface area contributed by atoms with Crippen LogP contribution in [0, 0.1) is 5.41 Å². The van der Waals surface area contributed by atoms with E-state index in [0.29, 0.717) is 10.7 Å². The Balaban J connectivity index is 2.79. The third-order valence-electron chi connectivity index (χ3n) is 2.64. The summed E-state index contributed by atoms with van der Waals surface area (Å²) < 4.78 is 0. The smallest absolute Gasteiger partial charge is 0.239 e. The molecule has 0 saturated carbocycles. The second kappa shape index (κ2) is 6.06. The number of rotatable bonds is 4. The highest BCUT2D eigenvalue weighted by Crippen LogP contribution is 2.21. The first kappa shape index (κ1) is 15.5. The molecule has 0 aliphatic heterocycles. The third-order valence-corrected chi connectivity index (χ3v) is 2.87. The lowest BCUT2D eigenvalue weighted by molar-refractivity contribution is -0.138. The highest BCUT2D eigenvalue weighted by molar-refractivity contribution is 6.31. The van der Waals surface area contributed by atoms with Gasteiger partial charge in [0, 0.05) is 16.8 Å². The van der Waals surface area contributed by atoms with E-state index < -0.39 is 5.41 Å². The van der Waals surface area contributed by atoms with Crippen LogP contribution in [0.25, 0.3) is 0 Å². The van der Waals surface area contributed by atoms with E-state index in [2.05, 4.69) is 10.6 Å². The monoisotopic (exact) mass is 282 g/mol. The van der Waals surface area contributed by atoms with Crippen molar-refractivity contribution in [1.29, 1.82) is 0 Å². The summed E-state index contributed by atoms with van der Waals surface area (Å²) in [6, 6.07) is 6.80. The van der Waals surface area contributed by atoms with Gasteiger partial charge in [-0.15, -0.1) is 0 Å². The van der Waals surface area contributed by atoms with Gasteiger partial charge in [0.15, 0.2) is 0 Å². The molecule has 104 valence electrons. The molecule has 2 amide bonds. The summed E-state index contributed by atoms with van der Waals surface area (Å²) in [5.41, 5.74) is -0.574. The zero-order valence-electron chi connectivity index (χ0n) is 11.6. The zero-order chi connectivity index (χ0) is 14.6. The number of halogens is 1. The van der Waals surface area contributed by atoms with Gasteiger partial charge in [0.25, 0.3) is 0 Å². The van der Waals surface area contributed by atoms with Crippen LogP contribution < -0.4 is 10.6 Å².